The minimum absolute atomic E-state index is 0.106. The zero-order valence-corrected chi connectivity index (χ0v) is 13.6. The zero-order chi connectivity index (χ0) is 14.8. The lowest BCUT2D eigenvalue weighted by Gasteiger charge is -2.32. The van der Waals surface area contributed by atoms with Crippen LogP contribution in [-0.2, 0) is 16.6 Å². The third-order valence-corrected chi connectivity index (χ3v) is 6.57. The summed E-state index contributed by atoms with van der Waals surface area (Å²) in [6.07, 6.45) is 1.82. The van der Waals surface area contributed by atoms with Gasteiger partial charge in [0.25, 0.3) is 0 Å². The predicted octanol–water partition coefficient (Wildman–Crippen LogP) is 1.20. The van der Waals surface area contributed by atoms with Crippen molar-refractivity contribution < 1.29 is 13.5 Å². The van der Waals surface area contributed by atoms with E-state index in [9.17, 15) is 8.42 Å². The monoisotopic (exact) mass is 318 g/mol. The highest BCUT2D eigenvalue weighted by molar-refractivity contribution is 7.89. The van der Waals surface area contributed by atoms with Crippen LogP contribution in [-0.4, -0.2) is 56.5 Å². The molecule has 0 spiro atoms. The van der Waals surface area contributed by atoms with Gasteiger partial charge in [0.05, 0.1) is 11.5 Å². The third kappa shape index (κ3) is 3.59. The van der Waals surface area contributed by atoms with Gasteiger partial charge in [-0.25, -0.2) is 8.42 Å². The summed E-state index contributed by atoms with van der Waals surface area (Å²) >= 11 is 1.29. The number of hydrogen-bond donors (Lipinski definition) is 1. The quantitative estimate of drug-likeness (QED) is 0.886. The van der Waals surface area contributed by atoms with Gasteiger partial charge in [0, 0.05) is 29.9 Å². The van der Waals surface area contributed by atoms with Gasteiger partial charge >= 0.3 is 0 Å². The number of rotatable bonds is 5. The van der Waals surface area contributed by atoms with Gasteiger partial charge < -0.3 is 10.0 Å². The number of aliphatic hydroxyl groups excluding tert-OH is 1. The molecule has 0 unspecified atom stereocenters. The van der Waals surface area contributed by atoms with Gasteiger partial charge in [0.1, 0.15) is 0 Å². The van der Waals surface area contributed by atoms with Crippen LogP contribution in [0.15, 0.2) is 16.3 Å². The first kappa shape index (κ1) is 15.9. The van der Waals surface area contributed by atoms with E-state index in [2.05, 4.69) is 4.90 Å². The first-order chi connectivity index (χ1) is 9.43. The first-order valence-electron chi connectivity index (χ1n) is 6.76. The SMILES string of the molecule is CN(C)CC1CCN(S(=O)(=O)c2csc(CO)c2)CC1. The van der Waals surface area contributed by atoms with E-state index in [1.54, 1.807) is 15.8 Å². The van der Waals surface area contributed by atoms with Gasteiger partial charge in [0.2, 0.25) is 10.0 Å². The third-order valence-electron chi connectivity index (χ3n) is 3.62. The van der Waals surface area contributed by atoms with E-state index in [1.807, 2.05) is 14.1 Å². The van der Waals surface area contributed by atoms with Crippen LogP contribution >= 0.6 is 11.3 Å². The van der Waals surface area contributed by atoms with E-state index >= 15 is 0 Å². The molecule has 1 aliphatic heterocycles. The Labute approximate surface area is 124 Å². The van der Waals surface area contributed by atoms with Gasteiger partial charge in [-0.3, -0.25) is 0 Å². The molecule has 0 aliphatic carbocycles. The van der Waals surface area contributed by atoms with Crippen LogP contribution in [0.25, 0.3) is 0 Å². The summed E-state index contributed by atoms with van der Waals surface area (Å²) in [6.45, 7) is 2.09. The van der Waals surface area contributed by atoms with Crippen LogP contribution in [0.4, 0.5) is 0 Å². The Balaban J connectivity index is 2.02. The normalized spacial score (nSPS) is 18.8. The molecule has 1 aromatic heterocycles. The molecule has 1 saturated heterocycles. The molecule has 1 aromatic rings. The van der Waals surface area contributed by atoms with Gasteiger partial charge in [-0.1, -0.05) is 0 Å². The Morgan fingerprint density at radius 2 is 2.05 bits per heavy atom. The van der Waals surface area contributed by atoms with Gasteiger partial charge in [0.15, 0.2) is 0 Å². The maximum atomic E-state index is 12.5. The van der Waals surface area contributed by atoms with Crippen molar-refractivity contribution in [2.45, 2.75) is 24.3 Å². The maximum absolute atomic E-state index is 12.5. The summed E-state index contributed by atoms with van der Waals surface area (Å²) < 4.78 is 26.5. The van der Waals surface area contributed by atoms with Crippen LogP contribution in [0, 0.1) is 5.92 Å². The Morgan fingerprint density at radius 3 is 2.55 bits per heavy atom. The van der Waals surface area contributed by atoms with Crippen molar-refractivity contribution in [3.63, 3.8) is 0 Å². The van der Waals surface area contributed by atoms with Crippen molar-refractivity contribution in [1.29, 1.82) is 0 Å². The Hall–Kier alpha value is -0.470. The molecule has 5 nitrogen and oxygen atoms in total. The number of sulfonamides is 1. The smallest absolute Gasteiger partial charge is 0.243 e. The van der Waals surface area contributed by atoms with Crippen molar-refractivity contribution in [2.75, 3.05) is 33.7 Å². The summed E-state index contributed by atoms with van der Waals surface area (Å²) in [7, 11) is 0.709. The molecule has 2 rings (SSSR count). The van der Waals surface area contributed by atoms with E-state index in [4.69, 9.17) is 5.11 Å². The molecule has 0 saturated carbocycles. The summed E-state index contributed by atoms with van der Waals surface area (Å²) in [4.78, 5) is 3.16. The summed E-state index contributed by atoms with van der Waals surface area (Å²) in [5.41, 5.74) is 0. The molecule has 114 valence electrons. The molecular weight excluding hydrogens is 296 g/mol. The Kier molecular flexibility index (Phi) is 5.19. The summed E-state index contributed by atoms with van der Waals surface area (Å²) in [6, 6.07) is 1.58. The summed E-state index contributed by atoms with van der Waals surface area (Å²) in [5, 5.41) is 10.7. The van der Waals surface area contributed by atoms with Crippen LogP contribution in [0.3, 0.4) is 0 Å². The lowest BCUT2D eigenvalue weighted by Crippen LogP contribution is -2.40. The van der Waals surface area contributed by atoms with Crippen molar-refractivity contribution in [3.05, 3.63) is 16.3 Å². The van der Waals surface area contributed by atoms with Crippen LogP contribution in [0.2, 0.25) is 0 Å². The second-order valence-electron chi connectivity index (χ2n) is 5.52. The van der Waals surface area contributed by atoms with E-state index in [0.29, 0.717) is 28.8 Å². The molecule has 1 fully saturated rings. The predicted molar refractivity (Wildman–Crippen MR) is 80.3 cm³/mol. The maximum Gasteiger partial charge on any atom is 0.243 e. The highest BCUT2D eigenvalue weighted by Crippen LogP contribution is 2.27. The molecule has 0 amide bonds. The van der Waals surface area contributed by atoms with Gasteiger partial charge in [-0.2, -0.15) is 4.31 Å². The molecule has 7 heteroatoms. The topological polar surface area (TPSA) is 60.9 Å². The highest BCUT2D eigenvalue weighted by atomic mass is 32.2. The highest BCUT2D eigenvalue weighted by Gasteiger charge is 2.30. The molecule has 1 aliphatic rings. The van der Waals surface area contributed by atoms with Crippen LogP contribution < -0.4 is 0 Å². The second-order valence-corrected chi connectivity index (χ2v) is 8.45. The van der Waals surface area contributed by atoms with E-state index in [0.717, 1.165) is 19.4 Å². The van der Waals surface area contributed by atoms with E-state index < -0.39 is 10.0 Å². The number of piperidine rings is 1. The molecule has 0 atom stereocenters. The van der Waals surface area contributed by atoms with Crippen molar-refractivity contribution in [3.8, 4) is 0 Å². The van der Waals surface area contributed by atoms with Crippen LogP contribution in [0.5, 0.6) is 0 Å². The second kappa shape index (κ2) is 6.53. The number of nitrogens with zero attached hydrogens (tertiary/aromatic N) is 2. The minimum Gasteiger partial charge on any atom is -0.391 e. The Morgan fingerprint density at radius 1 is 1.40 bits per heavy atom. The molecule has 0 bridgehead atoms. The zero-order valence-electron chi connectivity index (χ0n) is 11.9. The number of hydrogen-bond acceptors (Lipinski definition) is 5. The largest absolute Gasteiger partial charge is 0.391 e. The molecule has 1 N–H and O–H groups in total. The van der Waals surface area contributed by atoms with E-state index in [-0.39, 0.29) is 6.61 Å². The molecule has 0 radical (unpaired) electrons. The lowest BCUT2D eigenvalue weighted by molar-refractivity contribution is 0.225. The molecule has 20 heavy (non-hydrogen) atoms. The van der Waals surface area contributed by atoms with Crippen LogP contribution in [0.1, 0.15) is 17.7 Å². The summed E-state index contributed by atoms with van der Waals surface area (Å²) in [5.74, 6) is 0.576. The van der Waals surface area contributed by atoms with Crippen molar-refractivity contribution in [1.82, 2.24) is 9.21 Å². The number of thiophene rings is 1. The average molecular weight is 318 g/mol. The molecule has 0 aromatic carbocycles. The lowest BCUT2D eigenvalue weighted by atomic mass is 9.98. The first-order valence-corrected chi connectivity index (χ1v) is 9.08. The minimum atomic E-state index is -3.38. The average Bonchev–Trinajstić information content (AvgIpc) is 2.88. The molecule has 2 heterocycles. The standard InChI is InChI=1S/C13H22N2O3S2/c1-14(2)8-11-3-5-15(6-4-11)20(17,18)13-7-12(9-16)19-10-13/h7,10-11,16H,3-6,8-9H2,1-2H3. The Bertz CT molecular complexity index is 532. The fourth-order valence-electron chi connectivity index (χ4n) is 2.58. The number of aliphatic hydroxyl groups is 1. The fourth-order valence-corrected chi connectivity index (χ4v) is 5.17. The van der Waals surface area contributed by atoms with Gasteiger partial charge in [-0.15, -0.1) is 11.3 Å². The molecular formula is C13H22N2O3S2. The fraction of sp³-hybridized carbons (Fsp3) is 0.692. The van der Waals surface area contributed by atoms with Crippen molar-refractivity contribution >= 4 is 21.4 Å². The van der Waals surface area contributed by atoms with Crippen molar-refractivity contribution in [2.24, 2.45) is 5.92 Å². The van der Waals surface area contributed by atoms with E-state index in [1.165, 1.54) is 11.3 Å². The van der Waals surface area contributed by atoms with Gasteiger partial charge in [-0.05, 0) is 38.9 Å².